The molecular weight excluding hydrogens is 307 g/mol. The Morgan fingerprint density at radius 3 is 2.64 bits per heavy atom. The maximum atomic E-state index is 13.6. The van der Waals surface area contributed by atoms with Crippen LogP contribution in [0.15, 0.2) is 55.1 Å². The average Bonchev–Trinajstić information content (AvgIpc) is 3.05. The average molecular weight is 317 g/mol. The second-order valence-electron chi connectivity index (χ2n) is 4.47. The Morgan fingerprint density at radius 1 is 1.18 bits per heavy atom. The fourth-order valence-electron chi connectivity index (χ4n) is 1.91. The molecule has 0 unspecified atom stereocenters. The lowest BCUT2D eigenvalue weighted by Gasteiger charge is -2.07. The Labute approximate surface area is 130 Å². The number of halogens is 2. The molecule has 2 aromatic carbocycles. The lowest BCUT2D eigenvalue weighted by molar-refractivity contribution is 0.102. The predicted molar refractivity (Wildman–Crippen MR) is 80.7 cm³/mol. The Hall–Kier alpha value is -2.73. The summed E-state index contributed by atoms with van der Waals surface area (Å²) in [6, 6.07) is 10.7. The summed E-state index contributed by atoms with van der Waals surface area (Å²) in [6.45, 7) is 0. The molecule has 1 heterocycles. The summed E-state index contributed by atoms with van der Waals surface area (Å²) in [5.41, 5.74) is 1.23. The molecule has 3 aromatic rings. The minimum Gasteiger partial charge on any atom is -0.322 e. The van der Waals surface area contributed by atoms with Gasteiger partial charge in [0.25, 0.3) is 5.91 Å². The molecule has 1 aromatic heterocycles. The number of aromatic nitrogens is 3. The summed E-state index contributed by atoms with van der Waals surface area (Å²) in [4.78, 5) is 15.9. The highest BCUT2D eigenvalue weighted by Gasteiger charge is 2.12. The van der Waals surface area contributed by atoms with Crippen molar-refractivity contribution >= 4 is 23.2 Å². The maximum Gasteiger partial charge on any atom is 0.258 e. The van der Waals surface area contributed by atoms with E-state index in [1.54, 1.807) is 35.3 Å². The molecule has 7 heteroatoms. The Morgan fingerprint density at radius 2 is 1.95 bits per heavy atom. The van der Waals surface area contributed by atoms with Crippen LogP contribution in [0.1, 0.15) is 10.4 Å². The monoisotopic (exact) mass is 316 g/mol. The van der Waals surface area contributed by atoms with Gasteiger partial charge >= 0.3 is 0 Å². The van der Waals surface area contributed by atoms with E-state index in [2.05, 4.69) is 15.4 Å². The van der Waals surface area contributed by atoms with E-state index in [0.717, 1.165) is 11.8 Å². The topological polar surface area (TPSA) is 59.8 Å². The van der Waals surface area contributed by atoms with Crippen molar-refractivity contribution in [2.24, 2.45) is 0 Å². The first kappa shape index (κ1) is 14.2. The van der Waals surface area contributed by atoms with Crippen LogP contribution in [0.5, 0.6) is 0 Å². The van der Waals surface area contributed by atoms with E-state index in [1.807, 2.05) is 0 Å². The summed E-state index contributed by atoms with van der Waals surface area (Å²) < 4.78 is 15.2. The van der Waals surface area contributed by atoms with E-state index in [1.165, 1.54) is 18.5 Å². The molecule has 0 spiro atoms. The standard InChI is InChI=1S/C15H10ClFN4O/c16-10-1-6-14(17)13(7-10)15(22)20-11-2-4-12(5-3-11)21-9-18-8-19-21/h1-9H,(H,20,22). The zero-order valence-corrected chi connectivity index (χ0v) is 12.0. The molecule has 0 aliphatic rings. The molecule has 0 atom stereocenters. The normalized spacial score (nSPS) is 10.5. The predicted octanol–water partition coefficient (Wildman–Crippen LogP) is 3.31. The maximum absolute atomic E-state index is 13.6. The number of carbonyl (C=O) groups is 1. The molecule has 0 aliphatic heterocycles. The molecule has 5 nitrogen and oxygen atoms in total. The molecular formula is C15H10ClFN4O. The van der Waals surface area contributed by atoms with Crippen molar-refractivity contribution in [1.82, 2.24) is 14.8 Å². The van der Waals surface area contributed by atoms with Crippen LogP contribution >= 0.6 is 11.6 Å². The van der Waals surface area contributed by atoms with Crippen molar-refractivity contribution in [3.63, 3.8) is 0 Å². The molecule has 0 bridgehead atoms. The van der Waals surface area contributed by atoms with Gasteiger partial charge in [-0.2, -0.15) is 5.10 Å². The number of amides is 1. The summed E-state index contributed by atoms with van der Waals surface area (Å²) in [5.74, 6) is -1.19. The highest BCUT2D eigenvalue weighted by Crippen LogP contribution is 2.18. The van der Waals surface area contributed by atoms with E-state index >= 15 is 0 Å². The number of hydrogen-bond donors (Lipinski definition) is 1. The van der Waals surface area contributed by atoms with Crippen LogP contribution in [-0.2, 0) is 0 Å². The molecule has 1 N–H and O–H groups in total. The number of nitrogens with zero attached hydrogens (tertiary/aromatic N) is 3. The van der Waals surface area contributed by atoms with Crippen molar-refractivity contribution in [3.05, 3.63) is 71.5 Å². The van der Waals surface area contributed by atoms with Crippen LogP contribution in [-0.4, -0.2) is 20.7 Å². The number of rotatable bonds is 3. The third-order valence-electron chi connectivity index (χ3n) is 2.98. The van der Waals surface area contributed by atoms with Crippen LogP contribution in [0, 0.1) is 5.82 Å². The number of benzene rings is 2. The number of nitrogens with one attached hydrogen (secondary N) is 1. The van der Waals surface area contributed by atoms with Gasteiger partial charge in [0, 0.05) is 10.7 Å². The molecule has 3 rings (SSSR count). The van der Waals surface area contributed by atoms with E-state index in [9.17, 15) is 9.18 Å². The van der Waals surface area contributed by atoms with Crippen molar-refractivity contribution < 1.29 is 9.18 Å². The minimum atomic E-state index is -0.624. The highest BCUT2D eigenvalue weighted by atomic mass is 35.5. The Bertz CT molecular complexity index is 803. The van der Waals surface area contributed by atoms with Gasteiger partial charge in [0.05, 0.1) is 11.3 Å². The van der Waals surface area contributed by atoms with Gasteiger partial charge in [0.1, 0.15) is 18.5 Å². The van der Waals surface area contributed by atoms with Gasteiger partial charge in [0.2, 0.25) is 0 Å². The lowest BCUT2D eigenvalue weighted by atomic mass is 10.2. The number of carbonyl (C=O) groups excluding carboxylic acids is 1. The van der Waals surface area contributed by atoms with Crippen molar-refractivity contribution in [3.8, 4) is 5.69 Å². The van der Waals surface area contributed by atoms with Gasteiger partial charge in [-0.05, 0) is 42.5 Å². The van der Waals surface area contributed by atoms with Gasteiger partial charge in [-0.15, -0.1) is 0 Å². The number of hydrogen-bond acceptors (Lipinski definition) is 3. The van der Waals surface area contributed by atoms with Gasteiger partial charge < -0.3 is 5.32 Å². The highest BCUT2D eigenvalue weighted by molar-refractivity contribution is 6.31. The van der Waals surface area contributed by atoms with Crippen molar-refractivity contribution in [1.29, 1.82) is 0 Å². The van der Waals surface area contributed by atoms with Crippen molar-refractivity contribution in [2.75, 3.05) is 5.32 Å². The second-order valence-corrected chi connectivity index (χ2v) is 4.90. The van der Waals surface area contributed by atoms with Crippen molar-refractivity contribution in [2.45, 2.75) is 0 Å². The fourth-order valence-corrected chi connectivity index (χ4v) is 2.08. The summed E-state index contributed by atoms with van der Waals surface area (Å²) >= 11 is 5.78. The third kappa shape index (κ3) is 2.96. The van der Waals surface area contributed by atoms with Crippen LogP contribution < -0.4 is 5.32 Å². The van der Waals surface area contributed by atoms with E-state index in [4.69, 9.17) is 11.6 Å². The summed E-state index contributed by atoms with van der Waals surface area (Å²) in [5, 5.41) is 6.91. The van der Waals surface area contributed by atoms with Crippen LogP contribution in [0.4, 0.5) is 10.1 Å². The van der Waals surface area contributed by atoms with Crippen LogP contribution in [0.3, 0.4) is 0 Å². The first-order valence-corrected chi connectivity index (χ1v) is 6.73. The summed E-state index contributed by atoms with van der Waals surface area (Å²) in [6.07, 6.45) is 2.99. The molecule has 22 heavy (non-hydrogen) atoms. The molecule has 0 fully saturated rings. The zero-order chi connectivity index (χ0) is 15.5. The van der Waals surface area contributed by atoms with Crippen LogP contribution in [0.2, 0.25) is 5.02 Å². The molecule has 0 radical (unpaired) electrons. The SMILES string of the molecule is O=C(Nc1ccc(-n2cncn2)cc1)c1cc(Cl)ccc1F. The minimum absolute atomic E-state index is 0.104. The lowest BCUT2D eigenvalue weighted by Crippen LogP contribution is -2.13. The van der Waals surface area contributed by atoms with E-state index in [0.29, 0.717) is 10.7 Å². The molecule has 0 aliphatic carbocycles. The zero-order valence-electron chi connectivity index (χ0n) is 11.2. The van der Waals surface area contributed by atoms with Gasteiger partial charge in [0.15, 0.2) is 0 Å². The second kappa shape index (κ2) is 5.95. The van der Waals surface area contributed by atoms with Gasteiger partial charge in [-0.1, -0.05) is 11.6 Å². The largest absolute Gasteiger partial charge is 0.322 e. The molecule has 1 amide bonds. The smallest absolute Gasteiger partial charge is 0.258 e. The third-order valence-corrected chi connectivity index (χ3v) is 3.22. The molecule has 110 valence electrons. The number of anilines is 1. The van der Waals surface area contributed by atoms with Gasteiger partial charge in [-0.25, -0.2) is 14.1 Å². The quantitative estimate of drug-likeness (QED) is 0.806. The fraction of sp³-hybridized carbons (Fsp3) is 0. The van der Waals surface area contributed by atoms with E-state index in [-0.39, 0.29) is 5.56 Å². The van der Waals surface area contributed by atoms with Gasteiger partial charge in [-0.3, -0.25) is 4.79 Å². The summed E-state index contributed by atoms with van der Waals surface area (Å²) in [7, 11) is 0. The Balaban J connectivity index is 1.78. The first-order chi connectivity index (χ1) is 10.6. The van der Waals surface area contributed by atoms with E-state index < -0.39 is 11.7 Å². The van der Waals surface area contributed by atoms with Crippen LogP contribution in [0.25, 0.3) is 5.69 Å². The molecule has 0 saturated carbocycles. The first-order valence-electron chi connectivity index (χ1n) is 6.35. The molecule has 0 saturated heterocycles. The Kier molecular flexibility index (Phi) is 3.84.